The van der Waals surface area contributed by atoms with Crippen molar-refractivity contribution in [1.82, 2.24) is 29.6 Å². The maximum absolute atomic E-state index is 4.44. The third kappa shape index (κ3) is 2.03. The average molecular weight is 257 g/mol. The molecule has 0 aromatic carbocycles. The van der Waals surface area contributed by atoms with Gasteiger partial charge in [-0.2, -0.15) is 9.61 Å². The van der Waals surface area contributed by atoms with Crippen LogP contribution in [-0.4, -0.2) is 29.6 Å². The maximum Gasteiger partial charge on any atom is 0.178 e. The first-order valence-electron chi connectivity index (χ1n) is 6.05. The van der Waals surface area contributed by atoms with Gasteiger partial charge >= 0.3 is 0 Å². The summed E-state index contributed by atoms with van der Waals surface area (Å²) in [6, 6.07) is 3.79. The molecular weight excluding hydrogens is 242 g/mol. The van der Waals surface area contributed by atoms with E-state index >= 15 is 0 Å². The van der Waals surface area contributed by atoms with Gasteiger partial charge < -0.3 is 5.32 Å². The highest BCUT2D eigenvalue weighted by atomic mass is 15.4. The van der Waals surface area contributed by atoms with Gasteiger partial charge in [-0.1, -0.05) is 0 Å². The van der Waals surface area contributed by atoms with Crippen LogP contribution < -0.4 is 5.32 Å². The van der Waals surface area contributed by atoms with Gasteiger partial charge in [0.1, 0.15) is 5.82 Å². The number of hydrogen-bond acceptors (Lipinski definition) is 5. The van der Waals surface area contributed by atoms with Crippen molar-refractivity contribution in [2.24, 2.45) is 7.05 Å². The van der Waals surface area contributed by atoms with Gasteiger partial charge in [-0.25, -0.2) is 0 Å². The minimum absolute atomic E-state index is 0.694. The van der Waals surface area contributed by atoms with E-state index in [-0.39, 0.29) is 0 Å². The van der Waals surface area contributed by atoms with E-state index in [4.69, 9.17) is 0 Å². The first kappa shape index (κ1) is 11.6. The van der Waals surface area contributed by atoms with E-state index in [9.17, 15) is 0 Å². The summed E-state index contributed by atoms with van der Waals surface area (Å²) in [7, 11) is 1.93. The Morgan fingerprint density at radius 3 is 2.79 bits per heavy atom. The van der Waals surface area contributed by atoms with Crippen LogP contribution in [-0.2, 0) is 13.6 Å². The molecule has 3 aromatic heterocycles. The van der Waals surface area contributed by atoms with Crippen molar-refractivity contribution >= 4 is 11.5 Å². The molecular formula is C12H15N7. The predicted octanol–water partition coefficient (Wildman–Crippen LogP) is 1.09. The molecule has 19 heavy (non-hydrogen) atoms. The second kappa shape index (κ2) is 4.34. The lowest BCUT2D eigenvalue weighted by atomic mass is 10.2. The van der Waals surface area contributed by atoms with E-state index in [1.54, 1.807) is 4.52 Å². The molecule has 0 saturated heterocycles. The first-order valence-corrected chi connectivity index (χ1v) is 6.05. The molecule has 0 spiro atoms. The number of hydrogen-bond donors (Lipinski definition) is 1. The zero-order chi connectivity index (χ0) is 13.4. The number of nitrogens with zero attached hydrogens (tertiary/aromatic N) is 6. The van der Waals surface area contributed by atoms with E-state index in [2.05, 4.69) is 25.7 Å². The zero-order valence-electron chi connectivity index (χ0n) is 11.1. The van der Waals surface area contributed by atoms with Gasteiger partial charge in [0, 0.05) is 24.8 Å². The van der Waals surface area contributed by atoms with Crippen LogP contribution in [0.5, 0.6) is 0 Å². The Labute approximate surface area is 110 Å². The fraction of sp³-hybridized carbons (Fsp3) is 0.333. The summed E-state index contributed by atoms with van der Waals surface area (Å²) < 4.78 is 3.58. The van der Waals surface area contributed by atoms with Crippen molar-refractivity contribution in [1.29, 1.82) is 0 Å². The highest BCUT2D eigenvalue weighted by molar-refractivity contribution is 5.44. The zero-order valence-corrected chi connectivity index (χ0v) is 11.1. The van der Waals surface area contributed by atoms with Crippen LogP contribution in [0.25, 0.3) is 5.65 Å². The topological polar surface area (TPSA) is 72.9 Å². The Hall–Kier alpha value is -2.44. The second-order valence-electron chi connectivity index (χ2n) is 4.47. The molecule has 0 aliphatic heterocycles. The normalized spacial score (nSPS) is 11.1. The van der Waals surface area contributed by atoms with E-state index in [0.717, 1.165) is 28.5 Å². The van der Waals surface area contributed by atoms with Gasteiger partial charge in [0.15, 0.2) is 11.5 Å². The highest BCUT2D eigenvalue weighted by Gasteiger charge is 2.06. The van der Waals surface area contributed by atoms with Crippen LogP contribution in [0.4, 0.5) is 5.82 Å². The van der Waals surface area contributed by atoms with Crippen molar-refractivity contribution in [2.75, 3.05) is 5.32 Å². The lowest BCUT2D eigenvalue weighted by Gasteiger charge is -2.05. The molecule has 7 nitrogen and oxygen atoms in total. The minimum Gasteiger partial charge on any atom is -0.364 e. The Morgan fingerprint density at radius 1 is 1.21 bits per heavy atom. The Morgan fingerprint density at radius 2 is 2.05 bits per heavy atom. The number of anilines is 1. The highest BCUT2D eigenvalue weighted by Crippen LogP contribution is 2.10. The molecule has 7 heteroatoms. The molecule has 1 N–H and O–H groups in total. The second-order valence-corrected chi connectivity index (χ2v) is 4.47. The Balaban J connectivity index is 1.81. The summed E-state index contributed by atoms with van der Waals surface area (Å²) in [5.74, 6) is 1.56. The summed E-state index contributed by atoms with van der Waals surface area (Å²) >= 11 is 0. The number of fused-ring (bicyclic) bond motifs is 1. The Kier molecular flexibility index (Phi) is 2.66. The fourth-order valence-corrected chi connectivity index (χ4v) is 1.89. The molecule has 0 aliphatic rings. The van der Waals surface area contributed by atoms with Gasteiger partial charge in [-0.05, 0) is 26.0 Å². The van der Waals surface area contributed by atoms with E-state index in [1.165, 1.54) is 0 Å². The Bertz CT molecular complexity index is 725. The van der Waals surface area contributed by atoms with Gasteiger partial charge in [-0.3, -0.25) is 4.68 Å². The SMILES string of the molecule is Cc1c(CNc2ccc3nnc(C)n3n2)cnn1C. The molecule has 3 rings (SSSR count). The molecule has 98 valence electrons. The molecule has 3 heterocycles. The predicted molar refractivity (Wildman–Crippen MR) is 70.8 cm³/mol. The summed E-state index contributed by atoms with van der Waals surface area (Å²) in [5, 5.41) is 19.9. The van der Waals surface area contributed by atoms with Gasteiger partial charge in [0.2, 0.25) is 0 Å². The average Bonchev–Trinajstić information content (AvgIpc) is 2.93. The van der Waals surface area contributed by atoms with Crippen LogP contribution in [0.15, 0.2) is 18.3 Å². The number of rotatable bonds is 3. The molecule has 3 aromatic rings. The van der Waals surface area contributed by atoms with E-state index in [0.29, 0.717) is 6.54 Å². The standard InChI is InChI=1S/C12H15N7/c1-8-10(7-14-18(8)3)6-13-11-4-5-12-16-15-9(2)19(12)17-11/h4-5,7H,6H2,1-3H3,(H,13,17). The van der Waals surface area contributed by atoms with E-state index in [1.807, 2.05) is 43.9 Å². The van der Waals surface area contributed by atoms with Crippen molar-refractivity contribution < 1.29 is 0 Å². The molecule has 0 amide bonds. The summed E-state index contributed by atoms with van der Waals surface area (Å²) in [6.45, 7) is 4.62. The van der Waals surface area contributed by atoms with Crippen LogP contribution in [0, 0.1) is 13.8 Å². The number of aromatic nitrogens is 6. The van der Waals surface area contributed by atoms with Crippen LogP contribution in [0.2, 0.25) is 0 Å². The van der Waals surface area contributed by atoms with Crippen LogP contribution in [0.1, 0.15) is 17.1 Å². The monoisotopic (exact) mass is 257 g/mol. The van der Waals surface area contributed by atoms with Crippen LogP contribution >= 0.6 is 0 Å². The maximum atomic E-state index is 4.44. The molecule has 0 radical (unpaired) electrons. The number of nitrogens with one attached hydrogen (secondary N) is 1. The molecule has 0 saturated carbocycles. The lowest BCUT2D eigenvalue weighted by molar-refractivity contribution is 0.738. The number of aryl methyl sites for hydroxylation is 2. The van der Waals surface area contributed by atoms with Gasteiger partial charge in [0.25, 0.3) is 0 Å². The van der Waals surface area contributed by atoms with Gasteiger partial charge in [-0.15, -0.1) is 15.3 Å². The quantitative estimate of drug-likeness (QED) is 0.760. The van der Waals surface area contributed by atoms with Crippen molar-refractivity contribution in [2.45, 2.75) is 20.4 Å². The fourth-order valence-electron chi connectivity index (χ4n) is 1.89. The van der Waals surface area contributed by atoms with E-state index < -0.39 is 0 Å². The summed E-state index contributed by atoms with van der Waals surface area (Å²) in [4.78, 5) is 0. The van der Waals surface area contributed by atoms with Crippen molar-refractivity contribution in [3.8, 4) is 0 Å². The van der Waals surface area contributed by atoms with Crippen LogP contribution in [0.3, 0.4) is 0 Å². The largest absolute Gasteiger partial charge is 0.364 e. The third-order valence-electron chi connectivity index (χ3n) is 3.22. The molecule has 0 aliphatic carbocycles. The van der Waals surface area contributed by atoms with Crippen molar-refractivity contribution in [3.63, 3.8) is 0 Å². The molecule has 0 bridgehead atoms. The summed E-state index contributed by atoms with van der Waals surface area (Å²) in [5.41, 5.74) is 3.06. The molecule has 0 unspecified atom stereocenters. The summed E-state index contributed by atoms with van der Waals surface area (Å²) in [6.07, 6.45) is 1.87. The molecule has 0 atom stereocenters. The molecule has 0 fully saturated rings. The smallest absolute Gasteiger partial charge is 0.178 e. The minimum atomic E-state index is 0.694. The first-order chi connectivity index (χ1) is 9.15. The van der Waals surface area contributed by atoms with Gasteiger partial charge in [0.05, 0.1) is 6.20 Å². The third-order valence-corrected chi connectivity index (χ3v) is 3.22. The lowest BCUT2D eigenvalue weighted by Crippen LogP contribution is -2.05. The van der Waals surface area contributed by atoms with Crippen molar-refractivity contribution in [3.05, 3.63) is 35.4 Å².